The van der Waals surface area contributed by atoms with Crippen LogP contribution in [-0.4, -0.2) is 42.5 Å². The highest BCUT2D eigenvalue weighted by Gasteiger charge is 2.50. The fourth-order valence-corrected chi connectivity index (χ4v) is 6.75. The van der Waals surface area contributed by atoms with E-state index < -0.39 is 27.3 Å². The Labute approximate surface area is 160 Å². The highest BCUT2D eigenvalue weighted by molar-refractivity contribution is 7.89. The van der Waals surface area contributed by atoms with Gasteiger partial charge in [-0.1, -0.05) is 13.3 Å². The van der Waals surface area contributed by atoms with Gasteiger partial charge in [0.15, 0.2) is 0 Å². The van der Waals surface area contributed by atoms with Crippen LogP contribution < -0.4 is 4.90 Å². The topological polar surface area (TPSA) is 74.8 Å². The number of hydrogen-bond donors (Lipinski definition) is 0. The van der Waals surface area contributed by atoms with Crippen molar-refractivity contribution in [3.63, 3.8) is 0 Å². The molecule has 0 aromatic heterocycles. The maximum Gasteiger partial charge on any atom is 0.299 e. The van der Waals surface area contributed by atoms with Crippen LogP contribution in [0, 0.1) is 0 Å². The first kappa shape index (κ1) is 18.6. The zero-order valence-corrected chi connectivity index (χ0v) is 17.1. The van der Waals surface area contributed by atoms with E-state index in [1.54, 1.807) is 15.3 Å². The van der Waals surface area contributed by atoms with Crippen molar-refractivity contribution >= 4 is 27.4 Å². The second-order valence-electron chi connectivity index (χ2n) is 8.76. The van der Waals surface area contributed by atoms with Gasteiger partial charge >= 0.3 is 0 Å². The van der Waals surface area contributed by atoms with Crippen molar-refractivity contribution in [3.05, 3.63) is 23.3 Å². The predicted octanol–water partition coefficient (Wildman–Crippen LogP) is 3.06. The van der Waals surface area contributed by atoms with Crippen molar-refractivity contribution in [1.82, 2.24) is 4.31 Å². The molecule has 1 aromatic carbocycles. The maximum atomic E-state index is 13.3. The number of rotatable bonds is 2. The van der Waals surface area contributed by atoms with E-state index in [4.69, 9.17) is 0 Å². The van der Waals surface area contributed by atoms with Gasteiger partial charge in [0, 0.05) is 18.1 Å². The van der Waals surface area contributed by atoms with Crippen LogP contribution in [-0.2, 0) is 14.8 Å². The minimum atomic E-state index is -3.70. The zero-order chi connectivity index (χ0) is 19.7. The molecule has 4 rings (SSSR count). The Balaban J connectivity index is 1.90. The Kier molecular flexibility index (Phi) is 4.06. The van der Waals surface area contributed by atoms with Gasteiger partial charge in [0.05, 0.1) is 16.1 Å². The summed E-state index contributed by atoms with van der Waals surface area (Å²) in [6, 6.07) is 3.05. The van der Waals surface area contributed by atoms with E-state index in [1.807, 2.05) is 27.7 Å². The number of amides is 1. The minimum absolute atomic E-state index is 0.0569. The summed E-state index contributed by atoms with van der Waals surface area (Å²) < 4.78 is 28.2. The van der Waals surface area contributed by atoms with Crippen LogP contribution in [0.4, 0.5) is 5.69 Å². The molecule has 6 nitrogen and oxygen atoms in total. The van der Waals surface area contributed by atoms with Gasteiger partial charge in [-0.05, 0) is 63.6 Å². The fraction of sp³-hybridized carbons (Fsp3) is 0.600. The quantitative estimate of drug-likeness (QED) is 0.728. The number of nitrogens with zero attached hydrogens (tertiary/aromatic N) is 2. The smallest absolute Gasteiger partial charge is 0.299 e. The van der Waals surface area contributed by atoms with E-state index in [9.17, 15) is 18.0 Å². The molecule has 1 fully saturated rings. The summed E-state index contributed by atoms with van der Waals surface area (Å²) in [4.78, 5) is 27.0. The number of ketones is 1. The number of piperidine rings is 1. The molecule has 2 atom stereocenters. The van der Waals surface area contributed by atoms with Crippen molar-refractivity contribution in [1.29, 1.82) is 0 Å². The molecule has 3 heterocycles. The van der Waals surface area contributed by atoms with Gasteiger partial charge in [-0.15, -0.1) is 0 Å². The van der Waals surface area contributed by atoms with E-state index in [1.165, 1.54) is 6.07 Å². The maximum absolute atomic E-state index is 13.3. The lowest BCUT2D eigenvalue weighted by Gasteiger charge is -2.43. The number of hydrogen-bond acceptors (Lipinski definition) is 4. The molecule has 1 saturated heterocycles. The SMILES string of the molecule is CC1CC(C)(C)N2C(=O)C(=O)c3cc(S(=O)(=O)N4CCCCC4C)cc1c32. The van der Waals surface area contributed by atoms with Crippen LogP contribution in [0.2, 0.25) is 0 Å². The third kappa shape index (κ3) is 2.58. The molecule has 1 amide bonds. The molecule has 146 valence electrons. The van der Waals surface area contributed by atoms with Crippen LogP contribution in [0.15, 0.2) is 17.0 Å². The molecular weight excluding hydrogens is 364 g/mol. The largest absolute Gasteiger partial charge is 0.299 e. The van der Waals surface area contributed by atoms with Gasteiger partial charge in [-0.3, -0.25) is 14.5 Å². The number of carbonyl (C=O) groups excluding carboxylic acids is 2. The average molecular weight is 391 g/mol. The molecular formula is C20H26N2O4S. The van der Waals surface area contributed by atoms with Crippen LogP contribution in [0.25, 0.3) is 0 Å². The van der Waals surface area contributed by atoms with Gasteiger partial charge < -0.3 is 0 Å². The fourth-order valence-electron chi connectivity index (χ4n) is 4.99. The second-order valence-corrected chi connectivity index (χ2v) is 10.6. The number of Topliss-reactive ketones (excluding diaryl/α,β-unsaturated/α-hetero) is 1. The van der Waals surface area contributed by atoms with Crippen molar-refractivity contribution in [2.75, 3.05) is 11.4 Å². The zero-order valence-electron chi connectivity index (χ0n) is 16.3. The standard InChI is InChI=1S/C20H26N2O4S/c1-12-11-20(3,4)22-17-15(12)9-14(10-16(17)18(23)19(22)24)27(25,26)21-8-6-5-7-13(21)2/h9-10,12-13H,5-8,11H2,1-4H3. The first-order valence-corrected chi connectivity index (χ1v) is 11.1. The van der Waals surface area contributed by atoms with Gasteiger partial charge in [0.1, 0.15) is 0 Å². The summed E-state index contributed by atoms with van der Waals surface area (Å²) in [6.45, 7) is 8.36. The molecule has 0 saturated carbocycles. The minimum Gasteiger partial charge on any atom is -0.299 e. The van der Waals surface area contributed by atoms with Crippen LogP contribution >= 0.6 is 0 Å². The Hall–Kier alpha value is -1.73. The number of carbonyl (C=O) groups is 2. The number of benzene rings is 1. The molecule has 0 N–H and O–H groups in total. The second kappa shape index (κ2) is 5.88. The predicted molar refractivity (Wildman–Crippen MR) is 103 cm³/mol. The first-order chi connectivity index (χ1) is 12.6. The van der Waals surface area contributed by atoms with Crippen LogP contribution in [0.1, 0.15) is 75.2 Å². The van der Waals surface area contributed by atoms with Crippen molar-refractivity contribution in [2.45, 2.75) is 75.8 Å². The normalized spacial score (nSPS) is 27.8. The molecule has 0 radical (unpaired) electrons. The van der Waals surface area contributed by atoms with Gasteiger partial charge in [-0.2, -0.15) is 4.31 Å². The van der Waals surface area contributed by atoms with E-state index in [-0.39, 0.29) is 22.4 Å². The van der Waals surface area contributed by atoms with E-state index in [2.05, 4.69) is 0 Å². The van der Waals surface area contributed by atoms with Crippen molar-refractivity contribution in [3.8, 4) is 0 Å². The van der Waals surface area contributed by atoms with E-state index in [0.29, 0.717) is 18.7 Å². The highest BCUT2D eigenvalue weighted by atomic mass is 32.2. The molecule has 0 spiro atoms. The van der Waals surface area contributed by atoms with Crippen molar-refractivity contribution in [2.24, 2.45) is 0 Å². The Morgan fingerprint density at radius 1 is 1.11 bits per heavy atom. The number of anilines is 1. The van der Waals surface area contributed by atoms with Gasteiger partial charge in [-0.25, -0.2) is 8.42 Å². The Morgan fingerprint density at radius 3 is 2.48 bits per heavy atom. The molecule has 0 bridgehead atoms. The molecule has 1 aromatic rings. The molecule has 0 aliphatic carbocycles. The molecule has 3 aliphatic heterocycles. The molecule has 7 heteroatoms. The third-order valence-electron chi connectivity index (χ3n) is 6.27. The lowest BCUT2D eigenvalue weighted by atomic mass is 9.80. The Bertz CT molecular complexity index is 951. The molecule has 2 unspecified atom stereocenters. The number of sulfonamides is 1. The molecule has 3 aliphatic rings. The van der Waals surface area contributed by atoms with Crippen LogP contribution in [0.3, 0.4) is 0 Å². The summed E-state index contributed by atoms with van der Waals surface area (Å²) in [5.41, 5.74) is 1.17. The summed E-state index contributed by atoms with van der Waals surface area (Å²) >= 11 is 0. The van der Waals surface area contributed by atoms with Crippen molar-refractivity contribution < 1.29 is 18.0 Å². The van der Waals surface area contributed by atoms with Gasteiger partial charge in [0.25, 0.3) is 11.7 Å². The highest BCUT2D eigenvalue weighted by Crippen LogP contribution is 2.49. The summed E-state index contributed by atoms with van der Waals surface area (Å²) in [7, 11) is -3.70. The first-order valence-electron chi connectivity index (χ1n) is 9.64. The van der Waals surface area contributed by atoms with Crippen LogP contribution in [0.5, 0.6) is 0 Å². The summed E-state index contributed by atoms with van der Waals surface area (Å²) in [5, 5.41) is 0. The van der Waals surface area contributed by atoms with E-state index in [0.717, 1.165) is 24.8 Å². The average Bonchev–Trinajstić information content (AvgIpc) is 2.85. The lowest BCUT2D eigenvalue weighted by molar-refractivity contribution is -0.115. The summed E-state index contributed by atoms with van der Waals surface area (Å²) in [6.07, 6.45) is 3.39. The summed E-state index contributed by atoms with van der Waals surface area (Å²) in [5.74, 6) is -1.08. The molecule has 27 heavy (non-hydrogen) atoms. The van der Waals surface area contributed by atoms with E-state index >= 15 is 0 Å². The lowest BCUT2D eigenvalue weighted by Crippen LogP contribution is -2.50. The monoisotopic (exact) mass is 390 g/mol. The Morgan fingerprint density at radius 2 is 1.81 bits per heavy atom. The van der Waals surface area contributed by atoms with Gasteiger partial charge in [0.2, 0.25) is 10.0 Å². The third-order valence-corrected chi connectivity index (χ3v) is 8.26.